The third-order valence-electron chi connectivity index (χ3n) is 2.78. The number of nitrogen functional groups attached to an aromatic ring is 1. The Morgan fingerprint density at radius 3 is 2.55 bits per heavy atom. The summed E-state index contributed by atoms with van der Waals surface area (Å²) in [5.74, 6) is -2.80. The summed E-state index contributed by atoms with van der Waals surface area (Å²) in [5, 5.41) is 2.62. The molecule has 3 N–H and O–H groups in total. The molecule has 0 aliphatic carbocycles. The van der Waals surface area contributed by atoms with Gasteiger partial charge in [0.25, 0.3) is 5.91 Å². The van der Waals surface area contributed by atoms with Crippen LogP contribution in [0, 0.1) is 18.6 Å². The van der Waals surface area contributed by atoms with Crippen molar-refractivity contribution in [1.82, 2.24) is 0 Å². The SMILES string of the molecule is Cc1ccc(Br)cc1NC(=O)c1cc(F)c(F)cc1N. The Labute approximate surface area is 122 Å². The first-order valence-electron chi connectivity index (χ1n) is 5.70. The smallest absolute Gasteiger partial charge is 0.257 e. The highest BCUT2D eigenvalue weighted by molar-refractivity contribution is 9.10. The lowest BCUT2D eigenvalue weighted by molar-refractivity contribution is 0.102. The number of hydrogen-bond acceptors (Lipinski definition) is 2. The maximum Gasteiger partial charge on any atom is 0.257 e. The highest BCUT2D eigenvalue weighted by Crippen LogP contribution is 2.23. The number of hydrogen-bond donors (Lipinski definition) is 2. The lowest BCUT2D eigenvalue weighted by Gasteiger charge is -2.10. The van der Waals surface area contributed by atoms with E-state index < -0.39 is 17.5 Å². The first-order chi connectivity index (χ1) is 9.38. The molecule has 2 aromatic rings. The Morgan fingerprint density at radius 1 is 1.20 bits per heavy atom. The van der Waals surface area contributed by atoms with Gasteiger partial charge in [0.15, 0.2) is 11.6 Å². The number of rotatable bonds is 2. The zero-order valence-electron chi connectivity index (χ0n) is 10.5. The second-order valence-corrected chi connectivity index (χ2v) is 5.18. The zero-order valence-corrected chi connectivity index (χ0v) is 12.1. The van der Waals surface area contributed by atoms with Crippen LogP contribution >= 0.6 is 15.9 Å². The zero-order chi connectivity index (χ0) is 14.9. The van der Waals surface area contributed by atoms with Crippen LogP contribution in [0.3, 0.4) is 0 Å². The van der Waals surface area contributed by atoms with Crippen LogP contribution in [0.1, 0.15) is 15.9 Å². The summed E-state index contributed by atoms with van der Waals surface area (Å²) in [5.41, 5.74) is 6.71. The molecule has 6 heteroatoms. The number of carbonyl (C=O) groups excluding carboxylic acids is 1. The molecule has 0 radical (unpaired) electrons. The van der Waals surface area contributed by atoms with Crippen molar-refractivity contribution in [2.24, 2.45) is 0 Å². The number of aryl methyl sites for hydroxylation is 1. The van der Waals surface area contributed by atoms with Crippen molar-refractivity contribution >= 4 is 33.2 Å². The largest absolute Gasteiger partial charge is 0.398 e. The summed E-state index contributed by atoms with van der Waals surface area (Å²) in [6, 6.07) is 6.93. The van der Waals surface area contributed by atoms with Gasteiger partial charge in [-0.15, -0.1) is 0 Å². The van der Waals surface area contributed by atoms with Gasteiger partial charge < -0.3 is 11.1 Å². The molecule has 0 fully saturated rings. The lowest BCUT2D eigenvalue weighted by Crippen LogP contribution is -2.15. The van der Waals surface area contributed by atoms with Crippen LogP contribution in [-0.4, -0.2) is 5.91 Å². The molecule has 2 rings (SSSR count). The minimum Gasteiger partial charge on any atom is -0.398 e. The fourth-order valence-corrected chi connectivity index (χ4v) is 2.04. The van der Waals surface area contributed by atoms with Crippen LogP contribution < -0.4 is 11.1 Å². The molecule has 0 heterocycles. The summed E-state index contributed by atoms with van der Waals surface area (Å²) >= 11 is 3.29. The predicted molar refractivity (Wildman–Crippen MR) is 77.6 cm³/mol. The van der Waals surface area contributed by atoms with Crippen molar-refractivity contribution in [1.29, 1.82) is 0 Å². The molecular formula is C14H11BrF2N2O. The fourth-order valence-electron chi connectivity index (χ4n) is 1.68. The Bertz CT molecular complexity index is 689. The van der Waals surface area contributed by atoms with E-state index in [0.717, 1.165) is 22.2 Å². The van der Waals surface area contributed by atoms with E-state index >= 15 is 0 Å². The molecule has 0 atom stereocenters. The van der Waals surface area contributed by atoms with Gasteiger partial charge in [0, 0.05) is 21.9 Å². The highest BCUT2D eigenvalue weighted by atomic mass is 79.9. The Hall–Kier alpha value is -1.95. The average molecular weight is 341 g/mol. The van der Waals surface area contributed by atoms with E-state index in [1.807, 2.05) is 19.1 Å². The minimum absolute atomic E-state index is 0.108. The van der Waals surface area contributed by atoms with Crippen LogP contribution in [-0.2, 0) is 0 Å². The third-order valence-corrected chi connectivity index (χ3v) is 3.28. The van der Waals surface area contributed by atoms with Crippen molar-refractivity contribution in [3.05, 3.63) is 57.6 Å². The van der Waals surface area contributed by atoms with Gasteiger partial charge >= 0.3 is 0 Å². The second kappa shape index (κ2) is 5.58. The summed E-state index contributed by atoms with van der Waals surface area (Å²) in [7, 11) is 0. The van der Waals surface area contributed by atoms with Crippen molar-refractivity contribution in [3.8, 4) is 0 Å². The Balaban J connectivity index is 2.33. The first kappa shape index (κ1) is 14.5. The van der Waals surface area contributed by atoms with Crippen LogP contribution in [0.25, 0.3) is 0 Å². The van der Waals surface area contributed by atoms with Crippen LogP contribution in [0.4, 0.5) is 20.2 Å². The van der Waals surface area contributed by atoms with Gasteiger partial charge in [-0.3, -0.25) is 4.79 Å². The number of anilines is 2. The molecule has 0 bridgehead atoms. The highest BCUT2D eigenvalue weighted by Gasteiger charge is 2.15. The first-order valence-corrected chi connectivity index (χ1v) is 6.50. The topological polar surface area (TPSA) is 55.1 Å². The third kappa shape index (κ3) is 2.96. The Kier molecular flexibility index (Phi) is 4.04. The van der Waals surface area contributed by atoms with Gasteiger partial charge in [-0.05, 0) is 30.7 Å². The molecule has 0 aliphatic rings. The summed E-state index contributed by atoms with van der Waals surface area (Å²) < 4.78 is 26.9. The molecule has 0 saturated heterocycles. The van der Waals surface area contributed by atoms with Crippen LogP contribution in [0.5, 0.6) is 0 Å². The molecule has 0 aromatic heterocycles. The van der Waals surface area contributed by atoms with Crippen molar-refractivity contribution in [2.45, 2.75) is 6.92 Å². The number of nitrogens with one attached hydrogen (secondary N) is 1. The van der Waals surface area contributed by atoms with E-state index in [9.17, 15) is 13.6 Å². The molecule has 1 amide bonds. The molecule has 3 nitrogen and oxygen atoms in total. The maximum atomic E-state index is 13.2. The lowest BCUT2D eigenvalue weighted by atomic mass is 10.1. The van der Waals surface area contributed by atoms with Gasteiger partial charge in [-0.2, -0.15) is 0 Å². The molecule has 104 valence electrons. The van der Waals surface area contributed by atoms with E-state index in [0.29, 0.717) is 5.69 Å². The van der Waals surface area contributed by atoms with Crippen molar-refractivity contribution in [2.75, 3.05) is 11.1 Å². The maximum absolute atomic E-state index is 13.2. The van der Waals surface area contributed by atoms with Gasteiger partial charge in [0.1, 0.15) is 0 Å². The number of halogens is 3. The number of nitrogens with two attached hydrogens (primary N) is 1. The Morgan fingerprint density at radius 2 is 1.85 bits per heavy atom. The van der Waals surface area contributed by atoms with E-state index in [4.69, 9.17) is 5.73 Å². The van der Waals surface area contributed by atoms with Gasteiger partial charge in [-0.1, -0.05) is 22.0 Å². The van der Waals surface area contributed by atoms with E-state index in [-0.39, 0.29) is 11.3 Å². The molecule has 20 heavy (non-hydrogen) atoms. The fraction of sp³-hybridized carbons (Fsp3) is 0.0714. The molecular weight excluding hydrogens is 330 g/mol. The van der Waals surface area contributed by atoms with Gasteiger partial charge in [-0.25, -0.2) is 8.78 Å². The molecule has 2 aromatic carbocycles. The molecule has 0 unspecified atom stereocenters. The number of amides is 1. The van der Waals surface area contributed by atoms with Crippen LogP contribution in [0.2, 0.25) is 0 Å². The summed E-state index contributed by atoms with van der Waals surface area (Å²) in [6.07, 6.45) is 0. The molecule has 0 aliphatic heterocycles. The minimum atomic E-state index is -1.12. The number of benzene rings is 2. The van der Waals surface area contributed by atoms with Gasteiger partial charge in [0.2, 0.25) is 0 Å². The van der Waals surface area contributed by atoms with Crippen molar-refractivity contribution in [3.63, 3.8) is 0 Å². The quantitative estimate of drug-likeness (QED) is 0.815. The summed E-state index contributed by atoms with van der Waals surface area (Å²) in [6.45, 7) is 1.82. The monoisotopic (exact) mass is 340 g/mol. The van der Waals surface area contributed by atoms with Crippen molar-refractivity contribution < 1.29 is 13.6 Å². The molecule has 0 spiro atoms. The van der Waals surface area contributed by atoms with E-state index in [1.165, 1.54) is 0 Å². The normalized spacial score (nSPS) is 10.4. The molecule has 0 saturated carbocycles. The van der Waals surface area contributed by atoms with E-state index in [1.54, 1.807) is 6.07 Å². The van der Waals surface area contributed by atoms with E-state index in [2.05, 4.69) is 21.2 Å². The summed E-state index contributed by atoms with van der Waals surface area (Å²) in [4.78, 5) is 12.1. The number of carbonyl (C=O) groups is 1. The van der Waals surface area contributed by atoms with Crippen LogP contribution in [0.15, 0.2) is 34.8 Å². The predicted octanol–water partition coefficient (Wildman–Crippen LogP) is 3.87. The van der Waals surface area contributed by atoms with Gasteiger partial charge in [0.05, 0.1) is 5.56 Å². The average Bonchev–Trinajstić information content (AvgIpc) is 2.38. The standard InChI is InChI=1S/C14H11BrF2N2O/c1-7-2-3-8(15)4-13(7)19-14(20)9-5-10(16)11(17)6-12(9)18/h2-6H,18H2,1H3,(H,19,20). The second-order valence-electron chi connectivity index (χ2n) is 4.27.